The first-order chi connectivity index (χ1) is 11.6. The predicted molar refractivity (Wildman–Crippen MR) is 87.2 cm³/mol. The van der Waals surface area contributed by atoms with Crippen LogP contribution in [0.2, 0.25) is 0 Å². The van der Waals surface area contributed by atoms with Crippen LogP contribution >= 0.6 is 0 Å². The third kappa shape index (κ3) is 3.90. The van der Waals surface area contributed by atoms with Gasteiger partial charge in [-0.15, -0.1) is 0 Å². The van der Waals surface area contributed by atoms with Crippen LogP contribution in [0.5, 0.6) is 5.75 Å². The summed E-state index contributed by atoms with van der Waals surface area (Å²) in [5.41, 5.74) is 1.38. The summed E-state index contributed by atoms with van der Waals surface area (Å²) in [6.45, 7) is 0.320. The van der Waals surface area contributed by atoms with Crippen LogP contribution in [0.15, 0.2) is 48.5 Å². The molecule has 6 heteroatoms. The number of nitrogens with one attached hydrogen (secondary N) is 2. The van der Waals surface area contributed by atoms with Crippen molar-refractivity contribution in [1.29, 1.82) is 0 Å². The van der Waals surface area contributed by atoms with Crippen LogP contribution < -0.4 is 15.4 Å². The second-order valence-corrected chi connectivity index (χ2v) is 5.53. The van der Waals surface area contributed by atoms with E-state index in [4.69, 9.17) is 4.74 Å². The molecule has 0 spiro atoms. The topological polar surface area (TPSA) is 67.4 Å². The van der Waals surface area contributed by atoms with Crippen LogP contribution in [0.4, 0.5) is 10.1 Å². The van der Waals surface area contributed by atoms with Crippen molar-refractivity contribution in [3.8, 4) is 5.75 Å². The zero-order chi connectivity index (χ0) is 16.9. The number of hydrogen-bond donors (Lipinski definition) is 2. The fourth-order valence-electron chi connectivity index (χ4n) is 2.48. The zero-order valence-corrected chi connectivity index (χ0v) is 12.9. The molecule has 1 unspecified atom stereocenters. The van der Waals surface area contributed by atoms with E-state index in [9.17, 15) is 14.0 Å². The van der Waals surface area contributed by atoms with Gasteiger partial charge in [0.25, 0.3) is 5.91 Å². The van der Waals surface area contributed by atoms with Gasteiger partial charge in [-0.25, -0.2) is 4.39 Å². The van der Waals surface area contributed by atoms with Crippen molar-refractivity contribution in [2.75, 3.05) is 11.9 Å². The number of rotatable bonds is 5. The fourth-order valence-corrected chi connectivity index (χ4v) is 2.48. The Kier molecular flexibility index (Phi) is 4.74. The van der Waals surface area contributed by atoms with Crippen LogP contribution in [-0.4, -0.2) is 24.5 Å². The molecule has 0 bridgehead atoms. The molecule has 2 aromatic rings. The average Bonchev–Trinajstić information content (AvgIpc) is 2.57. The van der Waals surface area contributed by atoms with Crippen molar-refractivity contribution in [3.05, 3.63) is 59.9 Å². The van der Waals surface area contributed by atoms with Crippen LogP contribution in [0.25, 0.3) is 0 Å². The molecule has 0 saturated carbocycles. The van der Waals surface area contributed by atoms with Crippen LogP contribution in [0.3, 0.4) is 0 Å². The van der Waals surface area contributed by atoms with Gasteiger partial charge in [0.15, 0.2) is 6.10 Å². The number of ether oxygens (including phenoxy) is 1. The molecule has 0 fully saturated rings. The van der Waals surface area contributed by atoms with Gasteiger partial charge >= 0.3 is 0 Å². The van der Waals surface area contributed by atoms with Gasteiger partial charge in [-0.2, -0.15) is 0 Å². The van der Waals surface area contributed by atoms with Gasteiger partial charge in [-0.05, 0) is 29.8 Å². The summed E-state index contributed by atoms with van der Waals surface area (Å²) in [4.78, 5) is 23.8. The van der Waals surface area contributed by atoms with Gasteiger partial charge in [0.05, 0.1) is 12.1 Å². The van der Waals surface area contributed by atoms with E-state index in [-0.39, 0.29) is 24.1 Å². The Morgan fingerprint density at radius 2 is 1.92 bits per heavy atom. The molecule has 0 aromatic heterocycles. The monoisotopic (exact) mass is 328 g/mol. The molecular weight excluding hydrogens is 311 g/mol. The van der Waals surface area contributed by atoms with E-state index in [0.29, 0.717) is 24.4 Å². The normalized spacial score (nSPS) is 15.9. The van der Waals surface area contributed by atoms with E-state index in [1.807, 2.05) is 12.1 Å². The lowest BCUT2D eigenvalue weighted by atomic mass is 10.1. The lowest BCUT2D eigenvalue weighted by molar-refractivity contribution is -0.124. The van der Waals surface area contributed by atoms with Gasteiger partial charge in [0, 0.05) is 13.0 Å². The summed E-state index contributed by atoms with van der Waals surface area (Å²) in [7, 11) is 0. The number of halogens is 1. The molecule has 1 aliphatic rings. The van der Waals surface area contributed by atoms with Crippen LogP contribution in [0.1, 0.15) is 12.0 Å². The van der Waals surface area contributed by atoms with Crippen molar-refractivity contribution in [1.82, 2.24) is 5.32 Å². The summed E-state index contributed by atoms with van der Waals surface area (Å²) in [6.07, 6.45) is -0.0955. The van der Waals surface area contributed by atoms with Crippen molar-refractivity contribution in [3.63, 3.8) is 0 Å². The molecule has 3 rings (SSSR count). The molecule has 124 valence electrons. The summed E-state index contributed by atoms with van der Waals surface area (Å²) < 4.78 is 18.5. The molecule has 1 atom stereocenters. The highest BCUT2D eigenvalue weighted by Crippen LogP contribution is 2.29. The summed E-state index contributed by atoms with van der Waals surface area (Å²) in [5.74, 6) is -0.112. The Labute approximate surface area is 138 Å². The Morgan fingerprint density at radius 3 is 2.71 bits per heavy atom. The molecular formula is C18H17FN2O3. The van der Waals surface area contributed by atoms with E-state index in [0.717, 1.165) is 5.56 Å². The first-order valence-corrected chi connectivity index (χ1v) is 7.69. The average molecular weight is 328 g/mol. The van der Waals surface area contributed by atoms with Crippen molar-refractivity contribution >= 4 is 17.5 Å². The third-order valence-electron chi connectivity index (χ3n) is 3.71. The molecule has 0 saturated heterocycles. The predicted octanol–water partition coefficient (Wildman–Crippen LogP) is 2.27. The maximum atomic E-state index is 12.8. The molecule has 2 aromatic carbocycles. The van der Waals surface area contributed by atoms with Gasteiger partial charge in [-0.1, -0.05) is 24.3 Å². The highest BCUT2D eigenvalue weighted by molar-refractivity contribution is 5.97. The number of carbonyl (C=O) groups is 2. The second-order valence-electron chi connectivity index (χ2n) is 5.53. The van der Waals surface area contributed by atoms with Gasteiger partial charge in [0.1, 0.15) is 11.6 Å². The van der Waals surface area contributed by atoms with E-state index >= 15 is 0 Å². The van der Waals surface area contributed by atoms with Crippen molar-refractivity contribution in [2.45, 2.75) is 18.9 Å². The quantitative estimate of drug-likeness (QED) is 0.885. The van der Waals surface area contributed by atoms with Crippen LogP contribution in [0, 0.1) is 5.82 Å². The fraction of sp³-hybridized carbons (Fsp3) is 0.222. The minimum absolute atomic E-state index is 0.167. The standard InChI is InChI=1S/C18H17FN2O3/c19-13-7-5-12(6-8-13)11-17(22)20-10-9-16-18(23)21-14-3-1-2-4-15(14)24-16/h1-8,16H,9-11H2,(H,20,22)(H,21,23). The lowest BCUT2D eigenvalue weighted by Crippen LogP contribution is -2.40. The van der Waals surface area contributed by atoms with Gasteiger partial charge in [0.2, 0.25) is 5.91 Å². The minimum Gasteiger partial charge on any atom is -0.478 e. The second kappa shape index (κ2) is 7.12. The van der Waals surface area contributed by atoms with E-state index in [2.05, 4.69) is 10.6 Å². The molecule has 24 heavy (non-hydrogen) atoms. The number of amides is 2. The molecule has 2 N–H and O–H groups in total. The number of para-hydroxylation sites is 2. The maximum absolute atomic E-state index is 12.8. The Hall–Kier alpha value is -2.89. The minimum atomic E-state index is -0.633. The van der Waals surface area contributed by atoms with Gasteiger partial charge < -0.3 is 15.4 Å². The third-order valence-corrected chi connectivity index (χ3v) is 3.71. The zero-order valence-electron chi connectivity index (χ0n) is 12.9. The first kappa shape index (κ1) is 16.0. The van der Waals surface area contributed by atoms with Gasteiger partial charge in [-0.3, -0.25) is 9.59 Å². The van der Waals surface area contributed by atoms with Crippen molar-refractivity contribution < 1.29 is 18.7 Å². The number of hydrogen-bond acceptors (Lipinski definition) is 3. The van der Waals surface area contributed by atoms with E-state index in [1.54, 1.807) is 24.3 Å². The largest absolute Gasteiger partial charge is 0.478 e. The summed E-state index contributed by atoms with van der Waals surface area (Å²) >= 11 is 0. The van der Waals surface area contributed by atoms with Crippen molar-refractivity contribution in [2.24, 2.45) is 0 Å². The van der Waals surface area contributed by atoms with E-state index in [1.165, 1.54) is 12.1 Å². The highest BCUT2D eigenvalue weighted by atomic mass is 19.1. The lowest BCUT2D eigenvalue weighted by Gasteiger charge is -2.25. The Balaban J connectivity index is 1.47. The number of carbonyl (C=O) groups excluding carboxylic acids is 2. The SMILES string of the molecule is O=C(Cc1ccc(F)cc1)NCCC1Oc2ccccc2NC1=O. The highest BCUT2D eigenvalue weighted by Gasteiger charge is 2.26. The van der Waals surface area contributed by atoms with E-state index < -0.39 is 6.10 Å². The van der Waals surface area contributed by atoms with Crippen LogP contribution in [-0.2, 0) is 16.0 Å². The summed E-state index contributed by atoms with van der Waals surface area (Å²) in [6, 6.07) is 13.0. The molecule has 2 amide bonds. The molecule has 0 aliphatic carbocycles. The summed E-state index contributed by atoms with van der Waals surface area (Å²) in [5, 5.41) is 5.53. The molecule has 1 heterocycles. The number of benzene rings is 2. The number of anilines is 1. The number of fused-ring (bicyclic) bond motifs is 1. The molecule has 5 nitrogen and oxygen atoms in total. The maximum Gasteiger partial charge on any atom is 0.265 e. The Morgan fingerprint density at radius 1 is 1.17 bits per heavy atom. The Bertz CT molecular complexity index is 746. The smallest absolute Gasteiger partial charge is 0.265 e. The molecule has 0 radical (unpaired) electrons. The first-order valence-electron chi connectivity index (χ1n) is 7.69. The molecule has 1 aliphatic heterocycles.